The Bertz CT molecular complexity index is 664. The number of methoxy groups -OCH3 is 1. The van der Waals surface area contributed by atoms with Gasteiger partial charge in [0.25, 0.3) is 0 Å². The van der Waals surface area contributed by atoms with E-state index in [2.05, 4.69) is 6.07 Å². The lowest BCUT2D eigenvalue weighted by Gasteiger charge is -2.19. The number of ether oxygens (including phenoxy) is 1. The van der Waals surface area contributed by atoms with Crippen LogP contribution in [-0.2, 0) is 13.1 Å². The highest BCUT2D eigenvalue weighted by Gasteiger charge is 2.09. The number of para-hydroxylation sites is 1. The smallest absolute Gasteiger partial charge is 0.123 e. The molecule has 2 rings (SSSR count). The number of halogens is 1. The maximum atomic E-state index is 13.3. The van der Waals surface area contributed by atoms with Gasteiger partial charge in [-0.25, -0.2) is 4.39 Å². The molecule has 0 amide bonds. The molecule has 0 spiro atoms. The molecule has 3 nitrogen and oxygen atoms in total. The number of hydrogen-bond acceptors (Lipinski definition) is 3. The van der Waals surface area contributed by atoms with Crippen molar-refractivity contribution in [3.8, 4) is 11.8 Å². The van der Waals surface area contributed by atoms with E-state index in [1.807, 2.05) is 36.2 Å². The number of benzene rings is 2. The molecule has 0 aliphatic rings. The molecule has 0 heterocycles. The van der Waals surface area contributed by atoms with Crippen LogP contribution < -0.4 is 4.74 Å². The van der Waals surface area contributed by atoms with Gasteiger partial charge < -0.3 is 4.74 Å². The van der Waals surface area contributed by atoms with E-state index in [0.29, 0.717) is 24.2 Å². The second-order valence-electron chi connectivity index (χ2n) is 4.90. The second-order valence-corrected chi connectivity index (χ2v) is 4.90. The molecule has 0 unspecified atom stereocenters. The molecule has 0 fully saturated rings. The molecule has 108 valence electrons. The van der Waals surface area contributed by atoms with Gasteiger partial charge in [0, 0.05) is 18.7 Å². The first-order valence-corrected chi connectivity index (χ1v) is 6.63. The standard InChI is InChI=1S/C17H17FN2O/c1-20(11-14-5-3-4-6-17(14)21-2)12-15-9-16(18)8-7-13(15)10-19/h3-9H,11-12H2,1-2H3. The van der Waals surface area contributed by atoms with Crippen LogP contribution >= 0.6 is 0 Å². The van der Waals surface area contributed by atoms with E-state index >= 15 is 0 Å². The first kappa shape index (κ1) is 15.0. The minimum absolute atomic E-state index is 0.324. The maximum absolute atomic E-state index is 13.3. The molecule has 0 radical (unpaired) electrons. The quantitative estimate of drug-likeness (QED) is 0.845. The number of rotatable bonds is 5. The minimum Gasteiger partial charge on any atom is -0.496 e. The first-order valence-electron chi connectivity index (χ1n) is 6.63. The Kier molecular flexibility index (Phi) is 4.91. The summed E-state index contributed by atoms with van der Waals surface area (Å²) in [5.74, 6) is 0.499. The molecule has 21 heavy (non-hydrogen) atoms. The normalized spacial score (nSPS) is 10.4. The van der Waals surface area contributed by atoms with Gasteiger partial charge in [0.1, 0.15) is 11.6 Å². The third-order valence-corrected chi connectivity index (χ3v) is 3.26. The van der Waals surface area contributed by atoms with Crippen molar-refractivity contribution in [1.29, 1.82) is 5.26 Å². The van der Waals surface area contributed by atoms with Crippen LogP contribution in [0.4, 0.5) is 4.39 Å². The Labute approximate surface area is 124 Å². The number of nitriles is 1. The topological polar surface area (TPSA) is 36.3 Å². The van der Waals surface area contributed by atoms with Gasteiger partial charge >= 0.3 is 0 Å². The summed E-state index contributed by atoms with van der Waals surface area (Å²) in [6.45, 7) is 1.16. The summed E-state index contributed by atoms with van der Waals surface area (Å²) in [4.78, 5) is 2.02. The van der Waals surface area contributed by atoms with Crippen LogP contribution in [0.2, 0.25) is 0 Å². The predicted molar refractivity (Wildman–Crippen MR) is 79.3 cm³/mol. The Balaban J connectivity index is 2.14. The monoisotopic (exact) mass is 284 g/mol. The summed E-state index contributed by atoms with van der Waals surface area (Å²) >= 11 is 0. The summed E-state index contributed by atoms with van der Waals surface area (Å²) < 4.78 is 18.7. The highest BCUT2D eigenvalue weighted by Crippen LogP contribution is 2.20. The Morgan fingerprint density at radius 3 is 2.57 bits per heavy atom. The van der Waals surface area contributed by atoms with Gasteiger partial charge in [0.2, 0.25) is 0 Å². The van der Waals surface area contributed by atoms with Gasteiger partial charge in [-0.1, -0.05) is 18.2 Å². The molecular weight excluding hydrogens is 267 g/mol. The summed E-state index contributed by atoms with van der Waals surface area (Å²) in [5, 5.41) is 9.08. The molecule has 0 aliphatic carbocycles. The zero-order valence-electron chi connectivity index (χ0n) is 12.1. The third-order valence-electron chi connectivity index (χ3n) is 3.26. The van der Waals surface area contributed by atoms with Crippen LogP contribution in [0, 0.1) is 17.1 Å². The fourth-order valence-electron chi connectivity index (χ4n) is 2.27. The second kappa shape index (κ2) is 6.87. The Hall–Kier alpha value is -2.38. The van der Waals surface area contributed by atoms with E-state index in [1.54, 1.807) is 7.11 Å². The minimum atomic E-state index is -0.324. The predicted octanol–water partition coefficient (Wildman–Crippen LogP) is 3.34. The summed E-state index contributed by atoms with van der Waals surface area (Å²) in [5.41, 5.74) is 2.25. The van der Waals surface area contributed by atoms with E-state index in [-0.39, 0.29) is 5.82 Å². The number of hydrogen-bond donors (Lipinski definition) is 0. The van der Waals surface area contributed by atoms with Crippen molar-refractivity contribution >= 4 is 0 Å². The first-order chi connectivity index (χ1) is 10.1. The molecule has 0 bridgehead atoms. The highest BCUT2D eigenvalue weighted by molar-refractivity contribution is 5.38. The summed E-state index contributed by atoms with van der Waals surface area (Å²) in [6, 6.07) is 14.1. The fourth-order valence-corrected chi connectivity index (χ4v) is 2.27. The van der Waals surface area contributed by atoms with Crippen LogP contribution in [0.3, 0.4) is 0 Å². The van der Waals surface area contributed by atoms with Crippen LogP contribution in [-0.4, -0.2) is 19.1 Å². The molecule has 0 aliphatic heterocycles. The molecule has 0 atom stereocenters. The van der Waals surface area contributed by atoms with Gasteiger partial charge in [-0.15, -0.1) is 0 Å². The number of nitrogens with zero attached hydrogens (tertiary/aromatic N) is 2. The van der Waals surface area contributed by atoms with Gasteiger partial charge in [-0.3, -0.25) is 4.90 Å². The zero-order chi connectivity index (χ0) is 15.2. The van der Waals surface area contributed by atoms with Crippen molar-refractivity contribution in [1.82, 2.24) is 4.90 Å². The fraction of sp³-hybridized carbons (Fsp3) is 0.235. The van der Waals surface area contributed by atoms with Gasteiger partial charge in [0.15, 0.2) is 0 Å². The van der Waals surface area contributed by atoms with Crippen molar-refractivity contribution in [2.75, 3.05) is 14.2 Å². The van der Waals surface area contributed by atoms with Gasteiger partial charge in [-0.2, -0.15) is 5.26 Å². The van der Waals surface area contributed by atoms with E-state index in [9.17, 15) is 4.39 Å². The molecule has 0 aromatic heterocycles. The molecule has 0 saturated heterocycles. The lowest BCUT2D eigenvalue weighted by molar-refractivity contribution is 0.309. The average Bonchev–Trinajstić information content (AvgIpc) is 2.48. The van der Waals surface area contributed by atoms with Crippen LogP contribution in [0.15, 0.2) is 42.5 Å². The molecule has 4 heteroatoms. The van der Waals surface area contributed by atoms with Crippen molar-refractivity contribution in [3.05, 3.63) is 65.0 Å². The van der Waals surface area contributed by atoms with Crippen LogP contribution in [0.5, 0.6) is 5.75 Å². The highest BCUT2D eigenvalue weighted by atomic mass is 19.1. The van der Waals surface area contributed by atoms with Crippen molar-refractivity contribution < 1.29 is 9.13 Å². The van der Waals surface area contributed by atoms with Crippen LogP contribution in [0.25, 0.3) is 0 Å². The van der Waals surface area contributed by atoms with Gasteiger partial charge in [0.05, 0.1) is 18.7 Å². The van der Waals surface area contributed by atoms with E-state index in [4.69, 9.17) is 10.00 Å². The van der Waals surface area contributed by atoms with Crippen molar-refractivity contribution in [3.63, 3.8) is 0 Å². The summed E-state index contributed by atoms with van der Waals surface area (Å²) in [7, 11) is 3.57. The molecule has 2 aromatic rings. The molecule has 2 aromatic carbocycles. The largest absolute Gasteiger partial charge is 0.496 e. The SMILES string of the molecule is COc1ccccc1CN(C)Cc1cc(F)ccc1C#N. The third kappa shape index (κ3) is 3.80. The lowest BCUT2D eigenvalue weighted by Crippen LogP contribution is -2.18. The maximum Gasteiger partial charge on any atom is 0.123 e. The Morgan fingerprint density at radius 1 is 1.14 bits per heavy atom. The van der Waals surface area contributed by atoms with Gasteiger partial charge in [-0.05, 0) is 36.9 Å². The summed E-state index contributed by atoms with van der Waals surface area (Å²) in [6.07, 6.45) is 0. The average molecular weight is 284 g/mol. The van der Waals surface area contributed by atoms with Crippen LogP contribution in [0.1, 0.15) is 16.7 Å². The van der Waals surface area contributed by atoms with E-state index in [0.717, 1.165) is 11.3 Å². The van der Waals surface area contributed by atoms with Crippen molar-refractivity contribution in [2.24, 2.45) is 0 Å². The Morgan fingerprint density at radius 2 is 1.86 bits per heavy atom. The zero-order valence-corrected chi connectivity index (χ0v) is 12.1. The lowest BCUT2D eigenvalue weighted by atomic mass is 10.1. The van der Waals surface area contributed by atoms with E-state index < -0.39 is 0 Å². The molecule has 0 saturated carbocycles. The van der Waals surface area contributed by atoms with E-state index in [1.165, 1.54) is 18.2 Å². The molecule has 0 N–H and O–H groups in total. The molecular formula is C17H17FN2O. The van der Waals surface area contributed by atoms with Crippen molar-refractivity contribution in [2.45, 2.75) is 13.1 Å².